The average molecular weight is 492 g/mol. The molecule has 1 saturated carbocycles. The molecule has 1 saturated heterocycles. The molecule has 182 valence electrons. The summed E-state index contributed by atoms with van der Waals surface area (Å²) in [4.78, 5) is 34.2. The van der Waals surface area contributed by atoms with E-state index in [1.54, 1.807) is 36.6 Å². The highest BCUT2D eigenvalue weighted by molar-refractivity contribution is 7.15. The number of carbonyl (C=O) groups excluding carboxylic acids is 2. The molecular weight excluding hydrogens is 462 g/mol. The zero-order valence-electron chi connectivity index (χ0n) is 20.3. The van der Waals surface area contributed by atoms with Gasteiger partial charge in [0, 0.05) is 13.1 Å². The van der Waals surface area contributed by atoms with Crippen LogP contribution in [0.5, 0.6) is 11.5 Å². The first-order valence-corrected chi connectivity index (χ1v) is 12.6. The van der Waals surface area contributed by atoms with Crippen LogP contribution in [-0.2, 0) is 0 Å². The van der Waals surface area contributed by atoms with Crippen LogP contribution in [0.15, 0.2) is 42.5 Å². The number of ether oxygens (including phenoxy) is 2. The molecule has 1 aromatic heterocycles. The molecule has 3 aromatic rings. The van der Waals surface area contributed by atoms with Crippen molar-refractivity contribution in [3.8, 4) is 21.9 Å². The van der Waals surface area contributed by atoms with Gasteiger partial charge in [-0.25, -0.2) is 4.98 Å². The summed E-state index contributed by atoms with van der Waals surface area (Å²) >= 11 is 1.55. The molecular formula is C27H29N3O4S. The SMILES string of the molecule is COc1ccc(OC)c(C(=O)NC[C@@H]2C3C[C@H]3CN2C(=O)c2nc(C)sc2-c2cccc(C)c2)c1. The quantitative estimate of drug-likeness (QED) is 0.532. The molecule has 1 N–H and O–H groups in total. The Morgan fingerprint density at radius 3 is 2.71 bits per heavy atom. The molecule has 7 nitrogen and oxygen atoms in total. The highest BCUT2D eigenvalue weighted by atomic mass is 32.1. The number of hydrogen-bond donors (Lipinski definition) is 1. The van der Waals surface area contributed by atoms with Gasteiger partial charge in [0.25, 0.3) is 11.8 Å². The topological polar surface area (TPSA) is 80.8 Å². The highest BCUT2D eigenvalue weighted by Gasteiger charge is 2.54. The fourth-order valence-electron chi connectivity index (χ4n) is 5.04. The predicted molar refractivity (Wildman–Crippen MR) is 135 cm³/mol. The maximum atomic E-state index is 13.7. The number of benzene rings is 2. The van der Waals surface area contributed by atoms with E-state index in [9.17, 15) is 9.59 Å². The first-order valence-electron chi connectivity index (χ1n) is 11.7. The summed E-state index contributed by atoms with van der Waals surface area (Å²) < 4.78 is 10.6. The van der Waals surface area contributed by atoms with Crippen molar-refractivity contribution in [1.29, 1.82) is 0 Å². The number of amides is 2. The summed E-state index contributed by atoms with van der Waals surface area (Å²) in [5.74, 6) is 1.66. The van der Waals surface area contributed by atoms with Crippen molar-refractivity contribution in [2.75, 3.05) is 27.3 Å². The van der Waals surface area contributed by atoms with Crippen molar-refractivity contribution >= 4 is 23.2 Å². The van der Waals surface area contributed by atoms with Gasteiger partial charge in [0.05, 0.1) is 35.7 Å². The Hall–Kier alpha value is -3.39. The van der Waals surface area contributed by atoms with Gasteiger partial charge in [-0.2, -0.15) is 0 Å². The van der Waals surface area contributed by atoms with Gasteiger partial charge in [-0.3, -0.25) is 9.59 Å². The molecule has 0 spiro atoms. The summed E-state index contributed by atoms with van der Waals surface area (Å²) in [6, 6.07) is 13.2. The Morgan fingerprint density at radius 1 is 1.14 bits per heavy atom. The lowest BCUT2D eigenvalue weighted by molar-refractivity contribution is 0.0690. The van der Waals surface area contributed by atoms with Crippen LogP contribution in [0.4, 0.5) is 0 Å². The van der Waals surface area contributed by atoms with E-state index < -0.39 is 0 Å². The molecule has 3 atom stereocenters. The summed E-state index contributed by atoms with van der Waals surface area (Å²) in [6.45, 7) is 5.07. The second-order valence-corrected chi connectivity index (χ2v) is 10.4. The lowest BCUT2D eigenvalue weighted by Crippen LogP contribution is -2.45. The Labute approximate surface area is 209 Å². The Morgan fingerprint density at radius 2 is 1.97 bits per heavy atom. The lowest BCUT2D eigenvalue weighted by atomic mass is 10.1. The number of aryl methyl sites for hydroxylation is 2. The number of piperidine rings is 1. The van der Waals surface area contributed by atoms with Gasteiger partial charge in [0.1, 0.15) is 17.2 Å². The van der Waals surface area contributed by atoms with E-state index in [2.05, 4.69) is 16.4 Å². The molecule has 2 heterocycles. The van der Waals surface area contributed by atoms with Crippen LogP contribution in [0, 0.1) is 25.7 Å². The van der Waals surface area contributed by atoms with Crippen molar-refractivity contribution in [3.63, 3.8) is 0 Å². The zero-order chi connectivity index (χ0) is 24.7. The molecule has 1 aliphatic heterocycles. The number of nitrogens with zero attached hydrogens (tertiary/aromatic N) is 2. The van der Waals surface area contributed by atoms with Crippen LogP contribution in [-0.4, -0.2) is 55.0 Å². The molecule has 35 heavy (non-hydrogen) atoms. The standard InChI is InChI=1S/C27H29N3O4S/c1-15-6-5-7-17(10-15)25-24(29-16(2)35-25)27(32)30-14-18-11-20(18)22(30)13-28-26(31)21-12-19(33-3)8-9-23(21)34-4/h5-10,12,18,20,22H,11,13-14H2,1-4H3,(H,28,31)/t18-,20?,22+/m0/s1. The molecule has 2 aromatic carbocycles. The Kier molecular flexibility index (Phi) is 6.23. The van der Waals surface area contributed by atoms with Crippen LogP contribution in [0.25, 0.3) is 10.4 Å². The second-order valence-electron chi connectivity index (χ2n) is 9.24. The van der Waals surface area contributed by atoms with Crippen molar-refractivity contribution in [1.82, 2.24) is 15.2 Å². The van der Waals surface area contributed by atoms with E-state index in [1.807, 2.05) is 36.9 Å². The van der Waals surface area contributed by atoms with Crippen molar-refractivity contribution in [2.45, 2.75) is 26.3 Å². The van der Waals surface area contributed by atoms with E-state index in [0.717, 1.165) is 27.4 Å². The summed E-state index contributed by atoms with van der Waals surface area (Å²) in [5, 5.41) is 3.90. The minimum absolute atomic E-state index is 0.0552. The van der Waals surface area contributed by atoms with Gasteiger partial charge in [-0.15, -0.1) is 11.3 Å². The molecule has 5 rings (SSSR count). The first-order chi connectivity index (χ1) is 16.9. The number of likely N-dealkylation sites (tertiary alicyclic amines) is 1. The third-order valence-corrected chi connectivity index (χ3v) is 7.92. The number of carbonyl (C=O) groups is 2. The van der Waals surface area contributed by atoms with Gasteiger partial charge in [-0.1, -0.05) is 29.8 Å². The number of hydrogen-bond acceptors (Lipinski definition) is 6. The Bertz CT molecular complexity index is 1290. The fraction of sp³-hybridized carbons (Fsp3) is 0.370. The minimum atomic E-state index is -0.248. The number of fused-ring (bicyclic) bond motifs is 1. The van der Waals surface area contributed by atoms with Crippen LogP contribution in [0.2, 0.25) is 0 Å². The molecule has 8 heteroatoms. The smallest absolute Gasteiger partial charge is 0.274 e. The van der Waals surface area contributed by atoms with E-state index in [-0.39, 0.29) is 17.9 Å². The van der Waals surface area contributed by atoms with Crippen molar-refractivity contribution < 1.29 is 19.1 Å². The summed E-state index contributed by atoms with van der Waals surface area (Å²) in [6.07, 6.45) is 1.09. The maximum absolute atomic E-state index is 13.7. The Balaban J connectivity index is 1.35. The van der Waals surface area contributed by atoms with Crippen molar-refractivity contribution in [2.24, 2.45) is 11.8 Å². The third kappa shape index (κ3) is 4.50. The number of nitrogens with one attached hydrogen (secondary N) is 1. The van der Waals surface area contributed by atoms with Crippen LogP contribution >= 0.6 is 11.3 Å². The number of rotatable bonds is 7. The largest absolute Gasteiger partial charge is 0.497 e. The second kappa shape index (κ2) is 9.34. The molecule has 0 radical (unpaired) electrons. The molecule has 1 unspecified atom stereocenters. The molecule has 1 aliphatic carbocycles. The van der Waals surface area contributed by atoms with Crippen LogP contribution in [0.3, 0.4) is 0 Å². The summed E-state index contributed by atoms with van der Waals surface area (Å²) in [7, 11) is 3.09. The molecule has 2 fully saturated rings. The average Bonchev–Trinajstić information content (AvgIpc) is 3.38. The van der Waals surface area contributed by atoms with E-state index in [4.69, 9.17) is 9.47 Å². The van der Waals surface area contributed by atoms with Gasteiger partial charge in [0.15, 0.2) is 0 Å². The third-order valence-electron chi connectivity index (χ3n) is 6.90. The van der Waals surface area contributed by atoms with Gasteiger partial charge >= 0.3 is 0 Å². The van der Waals surface area contributed by atoms with Crippen molar-refractivity contribution in [3.05, 3.63) is 64.3 Å². The number of methoxy groups -OCH3 is 2. The lowest BCUT2D eigenvalue weighted by Gasteiger charge is -2.27. The van der Waals surface area contributed by atoms with Crippen LogP contribution < -0.4 is 14.8 Å². The zero-order valence-corrected chi connectivity index (χ0v) is 21.1. The monoisotopic (exact) mass is 491 g/mol. The summed E-state index contributed by atoms with van der Waals surface area (Å²) in [5.41, 5.74) is 3.07. The minimum Gasteiger partial charge on any atom is -0.497 e. The maximum Gasteiger partial charge on any atom is 0.274 e. The van der Waals surface area contributed by atoms with Gasteiger partial charge in [0.2, 0.25) is 0 Å². The van der Waals surface area contributed by atoms with E-state index >= 15 is 0 Å². The van der Waals surface area contributed by atoms with E-state index in [0.29, 0.717) is 47.7 Å². The molecule has 2 aliphatic rings. The fourth-order valence-corrected chi connectivity index (χ4v) is 5.95. The van der Waals surface area contributed by atoms with E-state index in [1.165, 1.54) is 7.11 Å². The first kappa shape index (κ1) is 23.4. The predicted octanol–water partition coefficient (Wildman–Crippen LogP) is 4.33. The molecule has 2 amide bonds. The molecule has 0 bridgehead atoms. The van der Waals surface area contributed by atoms with Gasteiger partial charge < -0.3 is 19.7 Å². The highest BCUT2D eigenvalue weighted by Crippen LogP contribution is 2.50. The van der Waals surface area contributed by atoms with Crippen LogP contribution in [0.1, 0.15) is 37.8 Å². The number of thiazole rings is 1. The van der Waals surface area contributed by atoms with Gasteiger partial charge in [-0.05, 0) is 55.9 Å². The number of aromatic nitrogens is 1. The normalized spacial score (nSPS) is 20.3.